The lowest BCUT2D eigenvalue weighted by Gasteiger charge is -2.39. The molecule has 28 nitrogen and oxygen atoms in total. The number of rotatable bonds is 11. The molecule has 26 unspecified atom stereocenters. The van der Waals surface area contributed by atoms with Gasteiger partial charge in [0.2, 0.25) is 81.1 Å². The molecule has 15 N–H and O–H groups in total. The highest BCUT2D eigenvalue weighted by atomic mass is 32.5. The quantitative estimate of drug-likeness (QED) is 0.0862. The van der Waals surface area contributed by atoms with Gasteiger partial charge in [0.1, 0.15) is 0 Å². The number of hydrogen-bond acceptors (Lipinski definition) is 15. The van der Waals surface area contributed by atoms with Gasteiger partial charge in [0.25, 0.3) is 0 Å². The van der Waals surface area contributed by atoms with Crippen molar-refractivity contribution in [2.24, 2.45) is 5.92 Å². The summed E-state index contributed by atoms with van der Waals surface area (Å²) in [5.74, 6) is -3.02. The van der Waals surface area contributed by atoms with Gasteiger partial charge >= 0.3 is 5.97 Å². The summed E-state index contributed by atoms with van der Waals surface area (Å²) in [7, 11) is -59.4. The Labute approximate surface area is 525 Å². The molecule has 0 radical (unpaired) electrons. The molecule has 0 aromatic rings. The molecule has 4 saturated heterocycles. The standard InChI is InChI=1S/C44H94O28P14S2/c1-6-35-8-7-34(44(45)46)23-81(63,64)41-15-16-43(31-85(35,71)87)86(72,88)30-42-14-10-37(83(67,68)29-41)25-76(53,54)19-20-77(55,56)38-11-13-39(26-78(57,58)33(3)22-80(42,61)62)84(69,70)28-40(79(59,60)21-32(2)74(5,49)50)12-9-36(82(65,66)27-38)24-75(51,52)18-17-73(4,47)48/h32-43H,6-31H2,1-5H3,(H,45,46)(H,47,48)(H,49,50)(H,51,52)(H,53,54)(H,55,56)(H,57,58)(H,59,60)(H,61,62)(H,63,64)(H,65,66)(H,67,68)(H,69,70)(H,71,87)(H,72,88). The normalized spacial score (nSPS) is 47.9. The van der Waals surface area contributed by atoms with E-state index in [1.165, 1.54) is 0 Å². The molecule has 44 heteroatoms. The first-order valence-corrected chi connectivity index (χ1v) is 58.8. The first-order chi connectivity index (χ1) is 39.3. The maximum Gasteiger partial charge on any atom is 0.307 e. The van der Waals surface area contributed by atoms with Crippen molar-refractivity contribution in [1.29, 1.82) is 0 Å². The van der Waals surface area contributed by atoms with Gasteiger partial charge in [0.15, 0.2) is 7.37 Å². The second-order valence-electron chi connectivity index (χ2n) is 26.1. The van der Waals surface area contributed by atoms with E-state index >= 15 is 13.7 Å². The van der Waals surface area contributed by atoms with Gasteiger partial charge in [-0.3, -0.25) is 59.6 Å². The molecule has 88 heavy (non-hydrogen) atoms. The minimum absolute atomic E-state index is 0.0829. The predicted octanol–water partition coefficient (Wildman–Crippen LogP) is 8.43. The zero-order valence-corrected chi connectivity index (χ0v) is 64.1. The first kappa shape index (κ1) is 83.4. The number of aliphatic carboxylic acids is 1. The van der Waals surface area contributed by atoms with Gasteiger partial charge in [0.05, 0.1) is 18.4 Å². The fraction of sp³-hybridized carbons (Fsp3) is 0.977. The van der Waals surface area contributed by atoms with Gasteiger partial charge < -0.3 is 73.6 Å². The first-order valence-electron chi connectivity index (χ1n) is 28.9. The van der Waals surface area contributed by atoms with Crippen molar-refractivity contribution in [1.82, 2.24) is 0 Å². The summed E-state index contributed by atoms with van der Waals surface area (Å²) in [5.41, 5.74) is -19.0. The van der Waals surface area contributed by atoms with Crippen LogP contribution >= 0.6 is 101 Å². The summed E-state index contributed by atoms with van der Waals surface area (Å²) < 4.78 is 173. The van der Waals surface area contributed by atoms with Crippen molar-refractivity contribution in [3.8, 4) is 0 Å². The second kappa shape index (κ2) is 30.8. The van der Waals surface area contributed by atoms with E-state index < -0.39 is 319 Å². The minimum Gasteiger partial charge on any atom is -0.481 e. The smallest absolute Gasteiger partial charge is 0.307 e. The third-order valence-corrected chi connectivity index (χ3v) is 57.4. The lowest BCUT2D eigenvalue weighted by molar-refractivity contribution is -0.141. The van der Waals surface area contributed by atoms with Gasteiger partial charge in [-0.15, -0.1) is 0 Å². The van der Waals surface area contributed by atoms with Crippen molar-refractivity contribution in [3.63, 3.8) is 0 Å². The molecule has 0 aliphatic carbocycles. The zero-order chi connectivity index (χ0) is 67.9. The van der Waals surface area contributed by atoms with Gasteiger partial charge in [-0.2, -0.15) is 0 Å². The lowest BCUT2D eigenvalue weighted by Crippen LogP contribution is -2.33. The van der Waals surface area contributed by atoms with Crippen molar-refractivity contribution in [2.75, 3.05) is 106 Å². The Morgan fingerprint density at radius 1 is 0.489 bits per heavy atom. The van der Waals surface area contributed by atoms with E-state index in [2.05, 4.69) is 0 Å². The molecule has 4 fully saturated rings. The zero-order valence-electron chi connectivity index (χ0n) is 49.9. The number of carboxylic acids is 1. The van der Waals surface area contributed by atoms with E-state index in [4.69, 9.17) is 23.6 Å². The summed E-state index contributed by atoms with van der Waals surface area (Å²) >= 11 is 11.8. The van der Waals surface area contributed by atoms with Crippen LogP contribution in [0.1, 0.15) is 91.4 Å². The molecular formula is C44H94O28P14S2. The van der Waals surface area contributed by atoms with Crippen LogP contribution in [-0.2, 0) is 83.2 Å². The molecule has 6 bridgehead atoms. The highest BCUT2D eigenvalue weighted by Crippen LogP contribution is 2.71. The highest BCUT2D eigenvalue weighted by molar-refractivity contribution is 8.14. The van der Waals surface area contributed by atoms with Crippen LogP contribution in [0.3, 0.4) is 0 Å². The SMILES string of the molecule is CCC1CCC(C(=O)O)CP(=O)(O)C2CCC(CP1(O)=S)P(O)(=S)CC1CCC(CP(=O)(O)CCP(=O)(O)C3CCC(CP(=O)(O)C(C)CP1(=O)O)P(=O)(O)CC(P(=O)(O)CC(C)P(C)(=O)O)CCC(CP(=O)(O)CCP(C)(=O)O)P(=O)(O)C3)P(=O)(O)C2. The Morgan fingerprint density at radius 3 is 1.41 bits per heavy atom. The minimum atomic E-state index is -5.31. The lowest BCUT2D eigenvalue weighted by atomic mass is 10.0. The molecule has 0 saturated carbocycles. The Bertz CT molecular complexity index is 3240. The predicted molar refractivity (Wildman–Crippen MR) is 356 cm³/mol. The van der Waals surface area contributed by atoms with E-state index in [1.54, 1.807) is 6.92 Å². The molecule has 0 aromatic carbocycles. The molecule has 0 aromatic heterocycles. The van der Waals surface area contributed by atoms with E-state index in [1.807, 2.05) is 0 Å². The average Bonchev–Trinajstić information content (AvgIpc) is 1.43. The average molecular weight is 1570 g/mol. The van der Waals surface area contributed by atoms with Crippen molar-refractivity contribution < 1.29 is 133 Å². The Kier molecular flexibility index (Phi) is 29.2. The van der Waals surface area contributed by atoms with Crippen molar-refractivity contribution in [2.45, 2.75) is 154 Å². The molecule has 0 spiro atoms. The van der Waals surface area contributed by atoms with E-state index in [-0.39, 0.29) is 19.3 Å². The second-order valence-corrected chi connectivity index (χ2v) is 66.5. The van der Waals surface area contributed by atoms with Crippen LogP contribution < -0.4 is 0 Å². The van der Waals surface area contributed by atoms with E-state index in [0.717, 1.165) is 27.2 Å². The third-order valence-electron chi connectivity index (χ3n) is 18.6. The van der Waals surface area contributed by atoms with E-state index in [9.17, 15) is 119 Å². The van der Waals surface area contributed by atoms with Crippen LogP contribution in [0.5, 0.6) is 0 Å². The van der Waals surface area contributed by atoms with Crippen LogP contribution in [0.15, 0.2) is 0 Å². The molecule has 0 amide bonds. The molecule has 4 heterocycles. The highest BCUT2D eigenvalue weighted by Gasteiger charge is 2.53. The number of carbonyl (C=O) groups is 1. The van der Waals surface area contributed by atoms with Gasteiger partial charge in [-0.1, -0.05) is 44.4 Å². The van der Waals surface area contributed by atoms with E-state index in [0.29, 0.717) is 0 Å². The number of carboxylic acid groups (broad SMARTS) is 1. The summed E-state index contributed by atoms with van der Waals surface area (Å²) in [4.78, 5) is 177. The van der Waals surface area contributed by atoms with Gasteiger partial charge in [-0.05, 0) is 70.6 Å². The van der Waals surface area contributed by atoms with Crippen molar-refractivity contribution >= 4 is 131 Å². The summed E-state index contributed by atoms with van der Waals surface area (Å²) in [5, 5.41) is 10.3. The van der Waals surface area contributed by atoms with Crippen LogP contribution in [0.2, 0.25) is 0 Å². The fourth-order valence-corrected chi connectivity index (χ4v) is 56.6. The Morgan fingerprint density at radius 2 is 0.909 bits per heavy atom. The Balaban J connectivity index is 2.03. The maximum absolute atomic E-state index is 15.2. The van der Waals surface area contributed by atoms with Crippen LogP contribution in [0.25, 0.3) is 0 Å². The summed E-state index contributed by atoms with van der Waals surface area (Å²) in [6.45, 7) is 5.57. The van der Waals surface area contributed by atoms with Crippen molar-refractivity contribution in [3.05, 3.63) is 0 Å². The fourth-order valence-electron chi connectivity index (χ4n) is 12.5. The van der Waals surface area contributed by atoms with Crippen LogP contribution in [-0.4, -0.2) is 248 Å². The molecule has 520 valence electrons. The molecular weight excluding hydrogens is 1470 g/mol. The number of hydrogen-bond donors (Lipinski definition) is 15. The molecule has 26 atom stereocenters. The summed E-state index contributed by atoms with van der Waals surface area (Å²) in [6.07, 6.45) is -30.1. The van der Waals surface area contributed by atoms with Gasteiger partial charge in [0, 0.05) is 168 Å². The van der Waals surface area contributed by atoms with Gasteiger partial charge in [-0.25, -0.2) is 0 Å². The molecule has 4 aliphatic heterocycles. The largest absolute Gasteiger partial charge is 0.481 e. The molecule has 4 rings (SSSR count). The maximum atomic E-state index is 15.2. The third kappa shape index (κ3) is 24.1. The topological polar surface area (TPSA) is 525 Å². The summed E-state index contributed by atoms with van der Waals surface area (Å²) in [6, 6.07) is 0. The Hall–Kier alpha value is 2.97. The number of fused-ring (bicyclic) bond motifs is 9. The monoisotopic (exact) mass is 1570 g/mol. The van der Waals surface area contributed by atoms with Crippen LogP contribution in [0, 0.1) is 5.92 Å². The molecule has 4 aliphatic rings. The van der Waals surface area contributed by atoms with Crippen LogP contribution in [0.4, 0.5) is 0 Å².